The summed E-state index contributed by atoms with van der Waals surface area (Å²) in [6, 6.07) is 7.57. The Labute approximate surface area is 150 Å². The van der Waals surface area contributed by atoms with Crippen molar-refractivity contribution in [2.75, 3.05) is 44.5 Å². The summed E-state index contributed by atoms with van der Waals surface area (Å²) in [5, 5.41) is 12.4. The van der Waals surface area contributed by atoms with E-state index >= 15 is 0 Å². The SMILES string of the molecule is CCOCCCNc1nnc(SCCOc2ccc(OC)cc2)s1. The third-order valence-electron chi connectivity index (χ3n) is 2.99. The molecule has 0 amide bonds. The summed E-state index contributed by atoms with van der Waals surface area (Å²) in [5.74, 6) is 2.49. The van der Waals surface area contributed by atoms with Crippen LogP contribution in [0.25, 0.3) is 0 Å². The van der Waals surface area contributed by atoms with Crippen LogP contribution >= 0.6 is 23.1 Å². The lowest BCUT2D eigenvalue weighted by Crippen LogP contribution is -2.05. The van der Waals surface area contributed by atoms with Crippen molar-refractivity contribution in [3.63, 3.8) is 0 Å². The number of nitrogens with zero attached hydrogens (tertiary/aromatic N) is 2. The summed E-state index contributed by atoms with van der Waals surface area (Å²) in [7, 11) is 1.65. The number of rotatable bonds is 12. The second-order valence-electron chi connectivity index (χ2n) is 4.72. The first-order valence-electron chi connectivity index (χ1n) is 7.86. The maximum atomic E-state index is 5.69. The highest BCUT2D eigenvalue weighted by Crippen LogP contribution is 2.25. The highest BCUT2D eigenvalue weighted by Gasteiger charge is 2.04. The van der Waals surface area contributed by atoms with Gasteiger partial charge < -0.3 is 19.5 Å². The molecule has 0 aliphatic rings. The number of methoxy groups -OCH3 is 1. The molecule has 1 aromatic heterocycles. The molecule has 0 radical (unpaired) electrons. The van der Waals surface area contributed by atoms with Gasteiger partial charge in [-0.15, -0.1) is 10.2 Å². The van der Waals surface area contributed by atoms with Gasteiger partial charge in [-0.1, -0.05) is 23.1 Å². The molecule has 2 rings (SSSR count). The van der Waals surface area contributed by atoms with Gasteiger partial charge in [0.2, 0.25) is 5.13 Å². The molecular weight excluding hydrogens is 346 g/mol. The van der Waals surface area contributed by atoms with Crippen LogP contribution in [0.5, 0.6) is 11.5 Å². The van der Waals surface area contributed by atoms with E-state index in [1.807, 2.05) is 31.2 Å². The van der Waals surface area contributed by atoms with Crippen LogP contribution < -0.4 is 14.8 Å². The van der Waals surface area contributed by atoms with E-state index in [4.69, 9.17) is 14.2 Å². The summed E-state index contributed by atoms with van der Waals surface area (Å²) in [4.78, 5) is 0. The first kappa shape index (κ1) is 18.8. The first-order chi connectivity index (χ1) is 11.8. The number of hydrogen-bond donors (Lipinski definition) is 1. The van der Waals surface area contributed by atoms with E-state index in [9.17, 15) is 0 Å². The van der Waals surface area contributed by atoms with Gasteiger partial charge in [-0.3, -0.25) is 0 Å². The summed E-state index contributed by atoms with van der Waals surface area (Å²) in [6.45, 7) is 5.00. The third-order valence-corrected chi connectivity index (χ3v) is 4.97. The van der Waals surface area contributed by atoms with Gasteiger partial charge in [0.1, 0.15) is 11.5 Å². The van der Waals surface area contributed by atoms with Crippen molar-refractivity contribution in [3.8, 4) is 11.5 Å². The van der Waals surface area contributed by atoms with Gasteiger partial charge in [0.15, 0.2) is 4.34 Å². The molecule has 6 nitrogen and oxygen atoms in total. The maximum Gasteiger partial charge on any atom is 0.206 e. The van der Waals surface area contributed by atoms with E-state index < -0.39 is 0 Å². The van der Waals surface area contributed by atoms with Gasteiger partial charge in [0.25, 0.3) is 0 Å². The van der Waals surface area contributed by atoms with Gasteiger partial charge in [0, 0.05) is 25.5 Å². The molecule has 0 aliphatic carbocycles. The first-order valence-corrected chi connectivity index (χ1v) is 9.66. The fourth-order valence-corrected chi connectivity index (χ4v) is 3.48. The van der Waals surface area contributed by atoms with Crippen LogP contribution in [0.4, 0.5) is 5.13 Å². The third kappa shape index (κ3) is 6.94. The monoisotopic (exact) mass is 369 g/mol. The molecule has 0 atom stereocenters. The van der Waals surface area contributed by atoms with Crippen molar-refractivity contribution in [3.05, 3.63) is 24.3 Å². The van der Waals surface area contributed by atoms with Crippen LogP contribution in [0.3, 0.4) is 0 Å². The maximum absolute atomic E-state index is 5.69. The lowest BCUT2D eigenvalue weighted by molar-refractivity contribution is 0.147. The molecule has 0 fully saturated rings. The van der Waals surface area contributed by atoms with Gasteiger partial charge in [-0.2, -0.15) is 0 Å². The summed E-state index contributed by atoms with van der Waals surface area (Å²) >= 11 is 3.21. The fourth-order valence-electron chi connectivity index (χ4n) is 1.81. The van der Waals surface area contributed by atoms with Gasteiger partial charge >= 0.3 is 0 Å². The minimum absolute atomic E-state index is 0.619. The van der Waals surface area contributed by atoms with Crippen LogP contribution in [0.15, 0.2) is 28.6 Å². The number of thioether (sulfide) groups is 1. The van der Waals surface area contributed by atoms with Crippen LogP contribution in [-0.2, 0) is 4.74 Å². The molecule has 0 aliphatic heterocycles. The minimum Gasteiger partial charge on any atom is -0.497 e. The van der Waals surface area contributed by atoms with E-state index in [1.54, 1.807) is 30.2 Å². The van der Waals surface area contributed by atoms with Crippen molar-refractivity contribution >= 4 is 28.2 Å². The Morgan fingerprint density at radius 3 is 2.67 bits per heavy atom. The Hall–Kier alpha value is -1.51. The topological polar surface area (TPSA) is 65.5 Å². The van der Waals surface area contributed by atoms with Gasteiger partial charge in [-0.25, -0.2) is 0 Å². The van der Waals surface area contributed by atoms with Gasteiger partial charge in [-0.05, 0) is 37.6 Å². The van der Waals surface area contributed by atoms with Crippen LogP contribution in [0, 0.1) is 0 Å². The quantitative estimate of drug-likeness (QED) is 0.453. The van der Waals surface area contributed by atoms with E-state index in [1.165, 1.54) is 0 Å². The standard InChI is InChI=1S/C16H23N3O3S2/c1-3-21-10-4-9-17-15-18-19-16(24-15)23-12-11-22-14-7-5-13(20-2)6-8-14/h5-8H,3-4,9-12H2,1-2H3,(H,17,18). The normalized spacial score (nSPS) is 10.6. The minimum atomic E-state index is 0.619. The Morgan fingerprint density at radius 1 is 1.12 bits per heavy atom. The summed E-state index contributed by atoms with van der Waals surface area (Å²) in [5.41, 5.74) is 0. The zero-order chi connectivity index (χ0) is 17.0. The van der Waals surface area contributed by atoms with Crippen molar-refractivity contribution in [1.82, 2.24) is 10.2 Å². The average molecular weight is 370 g/mol. The molecule has 0 spiro atoms. The average Bonchev–Trinajstić information content (AvgIpc) is 3.07. The number of hydrogen-bond acceptors (Lipinski definition) is 8. The molecule has 0 saturated heterocycles. The summed E-state index contributed by atoms with van der Waals surface area (Å²) in [6.07, 6.45) is 0.964. The fraction of sp³-hybridized carbons (Fsp3) is 0.500. The second-order valence-corrected chi connectivity index (χ2v) is 7.04. The largest absolute Gasteiger partial charge is 0.497 e. The number of nitrogens with one attached hydrogen (secondary N) is 1. The molecule has 2 aromatic rings. The predicted octanol–water partition coefficient (Wildman–Crippen LogP) is 3.56. The molecular formula is C16H23N3O3S2. The van der Waals surface area contributed by atoms with E-state index in [-0.39, 0.29) is 0 Å². The number of ether oxygens (including phenoxy) is 3. The second kappa shape index (κ2) is 11.1. The summed E-state index contributed by atoms with van der Waals surface area (Å²) < 4.78 is 17.0. The van der Waals surface area contributed by atoms with E-state index in [0.29, 0.717) is 6.61 Å². The Kier molecular flexibility index (Phi) is 8.72. The molecule has 0 saturated carbocycles. The van der Waals surface area contributed by atoms with Crippen molar-refractivity contribution < 1.29 is 14.2 Å². The van der Waals surface area contributed by atoms with E-state index in [2.05, 4.69) is 15.5 Å². The lowest BCUT2D eigenvalue weighted by atomic mass is 10.3. The number of benzene rings is 1. The highest BCUT2D eigenvalue weighted by atomic mass is 32.2. The number of anilines is 1. The van der Waals surface area contributed by atoms with Crippen molar-refractivity contribution in [1.29, 1.82) is 0 Å². The Balaban J connectivity index is 1.60. The molecule has 8 heteroatoms. The van der Waals surface area contributed by atoms with Crippen molar-refractivity contribution in [2.24, 2.45) is 0 Å². The van der Waals surface area contributed by atoms with Gasteiger partial charge in [0.05, 0.1) is 13.7 Å². The van der Waals surface area contributed by atoms with Crippen LogP contribution in [0.2, 0.25) is 0 Å². The molecule has 132 valence electrons. The number of aromatic nitrogens is 2. The van der Waals surface area contributed by atoms with Crippen LogP contribution in [-0.4, -0.2) is 49.4 Å². The highest BCUT2D eigenvalue weighted by molar-refractivity contribution is 8.01. The molecule has 24 heavy (non-hydrogen) atoms. The molecule has 1 heterocycles. The zero-order valence-corrected chi connectivity index (χ0v) is 15.6. The zero-order valence-electron chi connectivity index (χ0n) is 14.0. The van der Waals surface area contributed by atoms with Crippen molar-refractivity contribution in [2.45, 2.75) is 17.7 Å². The smallest absolute Gasteiger partial charge is 0.206 e. The molecule has 0 unspecified atom stereocenters. The Bertz CT molecular complexity index is 578. The Morgan fingerprint density at radius 2 is 1.92 bits per heavy atom. The lowest BCUT2D eigenvalue weighted by Gasteiger charge is -2.05. The van der Waals surface area contributed by atoms with E-state index in [0.717, 1.165) is 52.9 Å². The molecule has 1 N–H and O–H groups in total. The molecule has 0 bridgehead atoms. The predicted molar refractivity (Wildman–Crippen MR) is 98.7 cm³/mol. The molecule has 1 aromatic carbocycles. The van der Waals surface area contributed by atoms with Crippen LogP contribution in [0.1, 0.15) is 13.3 Å².